The Bertz CT molecular complexity index is 342. The number of piperidine rings is 1. The van der Waals surface area contributed by atoms with Gasteiger partial charge in [0, 0.05) is 25.2 Å². The van der Waals surface area contributed by atoms with E-state index in [1.165, 1.54) is 5.56 Å². The molecule has 0 amide bonds. The molecule has 1 aliphatic rings. The molecule has 1 aliphatic heterocycles. The maximum absolute atomic E-state index is 5.93. The maximum atomic E-state index is 5.93. The minimum Gasteiger partial charge on any atom is -0.497 e. The Kier molecular flexibility index (Phi) is 4.02. The second kappa shape index (κ2) is 5.52. The molecule has 1 fully saturated rings. The number of hydrogen-bond donors (Lipinski definition) is 1. The summed E-state index contributed by atoms with van der Waals surface area (Å²) in [4.78, 5) is 2.51. The first-order valence-electron chi connectivity index (χ1n) is 6.34. The summed E-state index contributed by atoms with van der Waals surface area (Å²) in [5.41, 5.74) is 7.28. The molecule has 0 bridgehead atoms. The lowest BCUT2D eigenvalue weighted by Crippen LogP contribution is -2.40. The third-order valence-electron chi connectivity index (χ3n) is 3.72. The van der Waals surface area contributed by atoms with Gasteiger partial charge in [0.05, 0.1) is 7.11 Å². The van der Waals surface area contributed by atoms with Crippen LogP contribution in [0.15, 0.2) is 24.3 Å². The third kappa shape index (κ3) is 2.99. The number of ether oxygens (including phenoxy) is 1. The Morgan fingerprint density at radius 2 is 1.82 bits per heavy atom. The van der Waals surface area contributed by atoms with Crippen molar-refractivity contribution in [3.63, 3.8) is 0 Å². The Hall–Kier alpha value is -1.06. The van der Waals surface area contributed by atoms with Crippen LogP contribution in [-0.2, 0) is 0 Å². The van der Waals surface area contributed by atoms with Crippen LogP contribution >= 0.6 is 0 Å². The molecule has 0 aromatic heterocycles. The smallest absolute Gasteiger partial charge is 0.118 e. The van der Waals surface area contributed by atoms with Gasteiger partial charge in [-0.25, -0.2) is 0 Å². The molecule has 1 aromatic rings. The van der Waals surface area contributed by atoms with Crippen LogP contribution in [0.25, 0.3) is 0 Å². The van der Waals surface area contributed by atoms with E-state index < -0.39 is 0 Å². The predicted octanol–water partition coefficient (Wildman–Crippen LogP) is 2.18. The molecule has 3 nitrogen and oxygen atoms in total. The first-order chi connectivity index (χ1) is 8.20. The fourth-order valence-corrected chi connectivity index (χ4v) is 2.40. The van der Waals surface area contributed by atoms with Gasteiger partial charge in [-0.3, -0.25) is 4.90 Å². The molecule has 0 saturated carbocycles. The van der Waals surface area contributed by atoms with Gasteiger partial charge in [-0.15, -0.1) is 0 Å². The summed E-state index contributed by atoms with van der Waals surface area (Å²) in [7, 11) is 1.70. The molecule has 0 radical (unpaired) electrons. The van der Waals surface area contributed by atoms with Gasteiger partial charge < -0.3 is 10.5 Å². The molecule has 0 spiro atoms. The van der Waals surface area contributed by atoms with Crippen LogP contribution in [0.3, 0.4) is 0 Å². The normalized spacial score (nSPS) is 20.2. The van der Waals surface area contributed by atoms with Crippen LogP contribution in [-0.4, -0.2) is 31.1 Å². The van der Waals surface area contributed by atoms with Gasteiger partial charge >= 0.3 is 0 Å². The van der Waals surface area contributed by atoms with Gasteiger partial charge in [-0.05, 0) is 37.5 Å². The van der Waals surface area contributed by atoms with E-state index in [9.17, 15) is 0 Å². The van der Waals surface area contributed by atoms with Crippen molar-refractivity contribution in [3.8, 4) is 5.75 Å². The van der Waals surface area contributed by atoms with Crippen molar-refractivity contribution in [2.75, 3.05) is 20.2 Å². The molecule has 3 heteroatoms. The molecule has 94 valence electrons. The largest absolute Gasteiger partial charge is 0.497 e. The van der Waals surface area contributed by atoms with E-state index in [0.29, 0.717) is 12.1 Å². The number of likely N-dealkylation sites (tertiary alicyclic amines) is 1. The second-order valence-electron chi connectivity index (χ2n) is 4.82. The lowest BCUT2D eigenvalue weighted by Gasteiger charge is -2.35. The van der Waals surface area contributed by atoms with Crippen LogP contribution in [0.4, 0.5) is 0 Å². The minimum atomic E-state index is 0.398. The van der Waals surface area contributed by atoms with Gasteiger partial charge in [0.2, 0.25) is 0 Å². The number of nitrogens with two attached hydrogens (primary N) is 1. The topological polar surface area (TPSA) is 38.5 Å². The van der Waals surface area contributed by atoms with Crippen molar-refractivity contribution in [3.05, 3.63) is 29.8 Å². The van der Waals surface area contributed by atoms with Crippen LogP contribution < -0.4 is 10.5 Å². The molecule has 17 heavy (non-hydrogen) atoms. The highest BCUT2D eigenvalue weighted by Crippen LogP contribution is 2.25. The number of rotatable bonds is 3. The van der Waals surface area contributed by atoms with Gasteiger partial charge in [0.25, 0.3) is 0 Å². The Labute approximate surface area is 104 Å². The van der Waals surface area contributed by atoms with Crippen molar-refractivity contribution in [1.82, 2.24) is 4.90 Å². The van der Waals surface area contributed by atoms with E-state index in [1.54, 1.807) is 7.11 Å². The summed E-state index contributed by atoms with van der Waals surface area (Å²) in [6, 6.07) is 9.22. The summed E-state index contributed by atoms with van der Waals surface area (Å²) in [6.45, 7) is 4.47. The fraction of sp³-hybridized carbons (Fsp3) is 0.571. The van der Waals surface area contributed by atoms with Crippen LogP contribution in [0.1, 0.15) is 31.4 Å². The Morgan fingerprint density at radius 3 is 2.35 bits per heavy atom. The lowest BCUT2D eigenvalue weighted by molar-refractivity contribution is 0.163. The SMILES string of the molecule is COc1ccc([C@@H](C)N2CCC(N)CC2)cc1. The zero-order valence-electron chi connectivity index (χ0n) is 10.7. The summed E-state index contributed by atoms with van der Waals surface area (Å²) in [6.07, 6.45) is 2.22. The van der Waals surface area contributed by atoms with E-state index >= 15 is 0 Å². The Morgan fingerprint density at radius 1 is 1.24 bits per heavy atom. The average Bonchev–Trinajstić information content (AvgIpc) is 2.39. The summed E-state index contributed by atoms with van der Waals surface area (Å²) in [5, 5.41) is 0. The number of hydrogen-bond acceptors (Lipinski definition) is 3. The molecule has 0 aliphatic carbocycles. The van der Waals surface area contributed by atoms with Crippen LogP contribution in [0.5, 0.6) is 5.75 Å². The number of methoxy groups -OCH3 is 1. The van der Waals surface area contributed by atoms with Crippen LogP contribution in [0.2, 0.25) is 0 Å². The molecular weight excluding hydrogens is 212 g/mol. The second-order valence-corrected chi connectivity index (χ2v) is 4.82. The highest BCUT2D eigenvalue weighted by atomic mass is 16.5. The minimum absolute atomic E-state index is 0.398. The third-order valence-corrected chi connectivity index (χ3v) is 3.72. The first-order valence-corrected chi connectivity index (χ1v) is 6.34. The zero-order valence-corrected chi connectivity index (χ0v) is 10.7. The fourth-order valence-electron chi connectivity index (χ4n) is 2.40. The molecule has 2 N–H and O–H groups in total. The molecule has 0 unspecified atom stereocenters. The Balaban J connectivity index is 2.00. The standard InChI is InChI=1S/C14H22N2O/c1-11(16-9-7-13(15)8-10-16)12-3-5-14(17-2)6-4-12/h3-6,11,13H,7-10,15H2,1-2H3/t11-/m1/s1. The van der Waals surface area contributed by atoms with E-state index in [-0.39, 0.29) is 0 Å². The number of nitrogens with zero attached hydrogens (tertiary/aromatic N) is 1. The first kappa shape index (κ1) is 12.4. The van der Waals surface area contributed by atoms with Gasteiger partial charge in [-0.1, -0.05) is 12.1 Å². The maximum Gasteiger partial charge on any atom is 0.118 e. The molecule has 2 rings (SSSR count). The lowest BCUT2D eigenvalue weighted by atomic mass is 10.0. The molecule has 1 saturated heterocycles. The van der Waals surface area contributed by atoms with E-state index in [1.807, 2.05) is 12.1 Å². The zero-order chi connectivity index (χ0) is 12.3. The van der Waals surface area contributed by atoms with Crippen molar-refractivity contribution in [1.29, 1.82) is 0 Å². The van der Waals surface area contributed by atoms with Gasteiger partial charge in [0.15, 0.2) is 0 Å². The number of benzene rings is 1. The van der Waals surface area contributed by atoms with Crippen molar-refractivity contribution in [2.45, 2.75) is 31.8 Å². The van der Waals surface area contributed by atoms with E-state index in [0.717, 1.165) is 31.7 Å². The average molecular weight is 234 g/mol. The molecule has 1 atom stereocenters. The highest BCUT2D eigenvalue weighted by molar-refractivity contribution is 5.28. The highest BCUT2D eigenvalue weighted by Gasteiger charge is 2.21. The monoisotopic (exact) mass is 234 g/mol. The summed E-state index contributed by atoms with van der Waals surface area (Å²) >= 11 is 0. The van der Waals surface area contributed by atoms with Gasteiger partial charge in [0.1, 0.15) is 5.75 Å². The molecule has 1 aromatic carbocycles. The summed E-state index contributed by atoms with van der Waals surface area (Å²) < 4.78 is 5.18. The van der Waals surface area contributed by atoms with Crippen molar-refractivity contribution < 1.29 is 4.74 Å². The molecule has 1 heterocycles. The van der Waals surface area contributed by atoms with Crippen LogP contribution in [0, 0.1) is 0 Å². The van der Waals surface area contributed by atoms with Crippen molar-refractivity contribution >= 4 is 0 Å². The molecular formula is C14H22N2O. The van der Waals surface area contributed by atoms with Gasteiger partial charge in [-0.2, -0.15) is 0 Å². The quantitative estimate of drug-likeness (QED) is 0.871. The summed E-state index contributed by atoms with van der Waals surface area (Å²) in [5.74, 6) is 0.918. The van der Waals surface area contributed by atoms with E-state index in [2.05, 4.69) is 24.0 Å². The predicted molar refractivity (Wildman–Crippen MR) is 70.2 cm³/mol. The van der Waals surface area contributed by atoms with E-state index in [4.69, 9.17) is 10.5 Å². The van der Waals surface area contributed by atoms with Crippen molar-refractivity contribution in [2.24, 2.45) is 5.73 Å².